The van der Waals surface area contributed by atoms with Crippen molar-refractivity contribution in [1.29, 1.82) is 0 Å². The van der Waals surface area contributed by atoms with Crippen molar-refractivity contribution in [1.82, 2.24) is 30.4 Å². The van der Waals surface area contributed by atoms with Crippen molar-refractivity contribution < 1.29 is 13.6 Å². The van der Waals surface area contributed by atoms with Gasteiger partial charge in [-0.05, 0) is 18.9 Å². The Labute approximate surface area is 166 Å². The fourth-order valence-electron chi connectivity index (χ4n) is 4.29. The van der Waals surface area contributed by atoms with Crippen LogP contribution in [0.4, 0.5) is 14.5 Å². The monoisotopic (exact) mass is 404 g/mol. The van der Waals surface area contributed by atoms with Crippen LogP contribution in [0.2, 0.25) is 0 Å². The summed E-state index contributed by atoms with van der Waals surface area (Å²) in [6.45, 7) is 2.09. The minimum atomic E-state index is -2.77. The van der Waals surface area contributed by atoms with E-state index in [0.29, 0.717) is 23.5 Å². The Morgan fingerprint density at radius 1 is 1.38 bits per heavy atom. The number of piperazine rings is 1. The maximum atomic E-state index is 13.2. The number of fused-ring (bicyclic) bond motifs is 4. The minimum Gasteiger partial charge on any atom is -0.351 e. The van der Waals surface area contributed by atoms with Gasteiger partial charge in [0, 0.05) is 51.2 Å². The van der Waals surface area contributed by atoms with E-state index in [2.05, 4.69) is 26.1 Å². The standard InChI is InChI=1S/C18H22F2N8O/c1-26-9-13(15(25-26)16(19)20)23-18(29)12-7-22-28-5-4-14(24-17(12)28)27-8-10-2-3-11(27)6-21-10/h4-5,9-11,16,21-22H,2-3,6-8H2,1H3,(H,23,29). The van der Waals surface area contributed by atoms with E-state index in [4.69, 9.17) is 4.99 Å². The van der Waals surface area contributed by atoms with Crippen LogP contribution in [0.5, 0.6) is 0 Å². The maximum Gasteiger partial charge on any atom is 0.284 e. The van der Waals surface area contributed by atoms with Crippen molar-refractivity contribution in [3.05, 3.63) is 35.6 Å². The number of piperidine rings is 2. The van der Waals surface area contributed by atoms with Crippen molar-refractivity contribution in [2.45, 2.75) is 31.4 Å². The van der Waals surface area contributed by atoms with Crippen LogP contribution in [0.15, 0.2) is 34.9 Å². The molecule has 3 saturated heterocycles. The summed E-state index contributed by atoms with van der Waals surface area (Å²) < 4.78 is 27.6. The molecule has 1 aromatic heterocycles. The summed E-state index contributed by atoms with van der Waals surface area (Å²) in [5.74, 6) is 0.859. The van der Waals surface area contributed by atoms with Crippen molar-refractivity contribution in [2.75, 3.05) is 25.0 Å². The highest BCUT2D eigenvalue weighted by molar-refractivity contribution is 6.06. The van der Waals surface area contributed by atoms with E-state index in [9.17, 15) is 13.6 Å². The Morgan fingerprint density at radius 3 is 2.93 bits per heavy atom. The van der Waals surface area contributed by atoms with Crippen molar-refractivity contribution in [3.63, 3.8) is 0 Å². The van der Waals surface area contributed by atoms with Crippen LogP contribution >= 0.6 is 0 Å². The first kappa shape index (κ1) is 18.3. The van der Waals surface area contributed by atoms with Gasteiger partial charge in [-0.25, -0.2) is 19.2 Å². The van der Waals surface area contributed by atoms with Gasteiger partial charge < -0.3 is 15.5 Å². The summed E-state index contributed by atoms with van der Waals surface area (Å²) in [7, 11) is 1.53. The molecule has 1 amide bonds. The number of amidine groups is 1. The van der Waals surface area contributed by atoms with Crippen molar-refractivity contribution in [2.24, 2.45) is 12.0 Å². The largest absolute Gasteiger partial charge is 0.351 e. The van der Waals surface area contributed by atoms with Gasteiger partial charge in [-0.15, -0.1) is 0 Å². The molecule has 0 radical (unpaired) electrons. The molecule has 5 aliphatic rings. The lowest BCUT2D eigenvalue weighted by Gasteiger charge is -2.47. The molecule has 0 aromatic carbocycles. The van der Waals surface area contributed by atoms with Crippen LogP contribution in [0.25, 0.3) is 0 Å². The number of nitrogens with zero attached hydrogens (tertiary/aromatic N) is 5. The summed E-state index contributed by atoms with van der Waals surface area (Å²) in [5, 5.41) is 11.5. The highest BCUT2D eigenvalue weighted by Gasteiger charge is 2.36. The number of aromatic nitrogens is 2. The van der Waals surface area contributed by atoms with E-state index in [0.717, 1.165) is 25.3 Å². The molecule has 9 nitrogen and oxygen atoms in total. The average Bonchev–Trinajstić information content (AvgIpc) is 3.31. The SMILES string of the molecule is Cn1cc(NC(=O)C2=C3N=C(N4CC5CCC4CN5)C=CN3NC2)c(C(F)F)n1. The summed E-state index contributed by atoms with van der Waals surface area (Å²) >= 11 is 0. The molecule has 3 N–H and O–H groups in total. The van der Waals surface area contributed by atoms with Crippen LogP contribution in [0.3, 0.4) is 0 Å². The number of hydrogen-bond acceptors (Lipinski definition) is 7. The zero-order valence-electron chi connectivity index (χ0n) is 15.9. The maximum absolute atomic E-state index is 13.2. The van der Waals surface area contributed by atoms with Crippen LogP contribution in [-0.2, 0) is 11.8 Å². The lowest BCUT2D eigenvalue weighted by atomic mass is 9.93. The number of alkyl halides is 2. The van der Waals surface area contributed by atoms with Gasteiger partial charge in [0.15, 0.2) is 11.5 Å². The number of hydrogen-bond donors (Lipinski definition) is 3. The number of nitrogens with one attached hydrogen (secondary N) is 3. The Balaban J connectivity index is 1.41. The Kier molecular flexibility index (Phi) is 4.36. The van der Waals surface area contributed by atoms with Crippen LogP contribution in [0.1, 0.15) is 25.0 Å². The molecule has 1 aromatic rings. The van der Waals surface area contributed by atoms with E-state index in [-0.39, 0.29) is 12.2 Å². The molecular weight excluding hydrogens is 382 g/mol. The first-order valence-corrected chi connectivity index (χ1v) is 9.65. The number of rotatable bonds is 3. The van der Waals surface area contributed by atoms with E-state index in [1.54, 1.807) is 5.01 Å². The molecule has 11 heteroatoms. The number of hydrazine groups is 1. The highest BCUT2D eigenvalue weighted by Crippen LogP contribution is 2.29. The van der Waals surface area contributed by atoms with E-state index < -0.39 is 18.0 Å². The predicted octanol–water partition coefficient (Wildman–Crippen LogP) is 0.690. The lowest BCUT2D eigenvalue weighted by molar-refractivity contribution is -0.112. The van der Waals surface area contributed by atoms with Crippen LogP contribution in [0, 0.1) is 0 Å². The van der Waals surface area contributed by atoms with E-state index in [1.165, 1.54) is 24.3 Å². The van der Waals surface area contributed by atoms with Crippen LogP contribution in [-0.4, -0.2) is 63.2 Å². The second-order valence-corrected chi connectivity index (χ2v) is 7.64. The molecule has 2 bridgehead atoms. The first-order chi connectivity index (χ1) is 14.0. The van der Waals surface area contributed by atoms with Gasteiger partial charge >= 0.3 is 0 Å². The number of halogens is 2. The molecule has 29 heavy (non-hydrogen) atoms. The van der Waals surface area contributed by atoms with E-state index >= 15 is 0 Å². The van der Waals surface area contributed by atoms with E-state index in [1.807, 2.05) is 12.3 Å². The molecular formula is C18H22F2N8O. The van der Waals surface area contributed by atoms with Crippen molar-refractivity contribution >= 4 is 17.4 Å². The van der Waals surface area contributed by atoms with Gasteiger partial charge in [0.25, 0.3) is 12.3 Å². The highest BCUT2D eigenvalue weighted by atomic mass is 19.3. The smallest absolute Gasteiger partial charge is 0.284 e. The van der Waals surface area contributed by atoms with Crippen molar-refractivity contribution in [3.8, 4) is 0 Å². The number of aliphatic imine (C=N–C) groups is 1. The van der Waals surface area contributed by atoms with Gasteiger partial charge in [0.05, 0.1) is 11.3 Å². The molecule has 0 aliphatic carbocycles. The Hall–Kier alpha value is -2.79. The molecule has 0 spiro atoms. The average molecular weight is 404 g/mol. The second-order valence-electron chi connectivity index (χ2n) is 7.64. The van der Waals surface area contributed by atoms with Gasteiger partial charge in [-0.2, -0.15) is 5.10 Å². The zero-order chi connectivity index (χ0) is 20.1. The third-order valence-electron chi connectivity index (χ3n) is 5.75. The first-order valence-electron chi connectivity index (χ1n) is 9.65. The third-order valence-corrected chi connectivity index (χ3v) is 5.75. The molecule has 5 aliphatic heterocycles. The van der Waals surface area contributed by atoms with Gasteiger partial charge in [0.2, 0.25) is 0 Å². The summed E-state index contributed by atoms with van der Waals surface area (Å²) in [6.07, 6.45) is 4.68. The molecule has 154 valence electrons. The summed E-state index contributed by atoms with van der Waals surface area (Å²) in [6, 6.07) is 0.858. The molecule has 0 saturated carbocycles. The lowest BCUT2D eigenvalue weighted by Crippen LogP contribution is -2.62. The number of amides is 1. The normalized spacial score (nSPS) is 25.7. The number of carbonyl (C=O) groups is 1. The van der Waals surface area contributed by atoms with Gasteiger partial charge in [-0.1, -0.05) is 0 Å². The zero-order valence-corrected chi connectivity index (χ0v) is 15.9. The van der Waals surface area contributed by atoms with Gasteiger partial charge in [-0.3, -0.25) is 14.5 Å². The molecule has 3 fully saturated rings. The predicted molar refractivity (Wildman–Crippen MR) is 102 cm³/mol. The van der Waals surface area contributed by atoms with Gasteiger partial charge in [0.1, 0.15) is 5.84 Å². The Bertz CT molecular complexity index is 928. The third kappa shape index (κ3) is 3.19. The summed E-state index contributed by atoms with van der Waals surface area (Å²) in [5.41, 5.74) is 3.04. The quantitative estimate of drug-likeness (QED) is 0.687. The van der Waals surface area contributed by atoms with Crippen LogP contribution < -0.4 is 16.1 Å². The number of aryl methyl sites for hydroxylation is 1. The molecule has 6 heterocycles. The summed E-state index contributed by atoms with van der Waals surface area (Å²) in [4.78, 5) is 19.9. The Morgan fingerprint density at radius 2 is 2.24 bits per heavy atom. The fourth-order valence-corrected chi connectivity index (χ4v) is 4.29. The fraction of sp³-hybridized carbons (Fsp3) is 0.500. The molecule has 2 unspecified atom stereocenters. The number of anilines is 1. The second kappa shape index (κ2) is 6.92. The number of carbonyl (C=O) groups excluding carboxylic acids is 1. The topological polar surface area (TPSA) is 89.8 Å². The minimum absolute atomic E-state index is 0.00835. The molecule has 6 rings (SSSR count). The molecule has 2 atom stereocenters.